The molecule has 0 fully saturated rings. The van der Waals surface area contributed by atoms with Crippen LogP contribution < -0.4 is 20.2 Å². The smallest absolute Gasteiger partial charge is 0.262 e. The van der Waals surface area contributed by atoms with E-state index in [1.54, 1.807) is 43.5 Å². The first-order valence-electron chi connectivity index (χ1n) is 9.66. The minimum atomic E-state index is -0.762. The van der Waals surface area contributed by atoms with Crippen molar-refractivity contribution < 1.29 is 19.1 Å². The maximum atomic E-state index is 12.6. The van der Waals surface area contributed by atoms with E-state index in [9.17, 15) is 9.59 Å². The zero-order valence-electron chi connectivity index (χ0n) is 17.7. The summed E-state index contributed by atoms with van der Waals surface area (Å²) in [5.41, 5.74) is 3.59. The molecule has 2 aromatic carbocycles. The van der Waals surface area contributed by atoms with Gasteiger partial charge in [0, 0.05) is 10.6 Å². The van der Waals surface area contributed by atoms with E-state index < -0.39 is 11.9 Å². The summed E-state index contributed by atoms with van der Waals surface area (Å²) >= 11 is 9.30. The first kappa shape index (κ1) is 24.7. The van der Waals surface area contributed by atoms with Crippen molar-refractivity contribution in [2.45, 2.75) is 26.8 Å². The van der Waals surface area contributed by atoms with Crippen LogP contribution in [-0.2, 0) is 4.79 Å². The molecule has 31 heavy (non-hydrogen) atoms. The van der Waals surface area contributed by atoms with Crippen LogP contribution in [0.5, 0.6) is 11.5 Å². The second-order valence-electron chi connectivity index (χ2n) is 6.90. The van der Waals surface area contributed by atoms with Crippen molar-refractivity contribution in [1.29, 1.82) is 0 Å². The Morgan fingerprint density at radius 1 is 1.23 bits per heavy atom. The normalized spacial score (nSPS) is 12.0. The molecule has 0 saturated carbocycles. The standard InChI is InChI=1S/C22H25BrClN3O4/c1-5-31-20-17(23)10-14(11-18(20)30-4)12-25-27-22(29)19(13(2)3)26-21(28)15-6-8-16(24)9-7-15/h6-13,19H,5H2,1-4H3,(H,26,28)(H,27,29). The molecule has 0 saturated heterocycles. The molecule has 0 aliphatic heterocycles. The van der Waals surface area contributed by atoms with E-state index in [0.717, 1.165) is 0 Å². The molecule has 0 aliphatic rings. The highest BCUT2D eigenvalue weighted by Crippen LogP contribution is 2.36. The fourth-order valence-corrected chi connectivity index (χ4v) is 3.40. The molecule has 2 N–H and O–H groups in total. The number of carbonyl (C=O) groups is 2. The lowest BCUT2D eigenvalue weighted by atomic mass is 10.0. The molecule has 0 aliphatic carbocycles. The Morgan fingerprint density at radius 2 is 1.90 bits per heavy atom. The van der Waals surface area contributed by atoms with Gasteiger partial charge in [0.25, 0.3) is 11.8 Å². The number of nitrogens with one attached hydrogen (secondary N) is 2. The van der Waals surface area contributed by atoms with Gasteiger partial charge >= 0.3 is 0 Å². The SMILES string of the molecule is CCOc1c(Br)cc(C=NNC(=O)C(NC(=O)c2ccc(Cl)cc2)C(C)C)cc1OC. The summed E-state index contributed by atoms with van der Waals surface area (Å²) in [6, 6.07) is 9.22. The van der Waals surface area contributed by atoms with E-state index in [1.807, 2.05) is 20.8 Å². The van der Waals surface area contributed by atoms with Gasteiger partial charge in [0.05, 0.1) is 24.4 Å². The molecule has 2 amide bonds. The largest absolute Gasteiger partial charge is 0.493 e. The molecular weight excluding hydrogens is 486 g/mol. The van der Waals surface area contributed by atoms with Gasteiger partial charge < -0.3 is 14.8 Å². The third-order valence-electron chi connectivity index (χ3n) is 4.27. The van der Waals surface area contributed by atoms with E-state index in [0.29, 0.717) is 38.7 Å². The molecule has 9 heteroatoms. The molecule has 2 aromatic rings. The fraction of sp³-hybridized carbons (Fsp3) is 0.318. The van der Waals surface area contributed by atoms with Crippen molar-refractivity contribution in [2.24, 2.45) is 11.0 Å². The van der Waals surface area contributed by atoms with Gasteiger partial charge in [0.2, 0.25) is 0 Å². The summed E-state index contributed by atoms with van der Waals surface area (Å²) in [7, 11) is 1.55. The highest BCUT2D eigenvalue weighted by molar-refractivity contribution is 9.10. The van der Waals surface area contributed by atoms with Crippen LogP contribution in [0.4, 0.5) is 0 Å². The molecule has 0 heterocycles. The minimum Gasteiger partial charge on any atom is -0.493 e. The Balaban J connectivity index is 2.07. The number of ether oxygens (including phenoxy) is 2. The Bertz CT molecular complexity index is 949. The first-order valence-corrected chi connectivity index (χ1v) is 10.8. The number of hydrazone groups is 1. The van der Waals surface area contributed by atoms with Gasteiger partial charge in [-0.25, -0.2) is 5.43 Å². The zero-order valence-corrected chi connectivity index (χ0v) is 20.1. The average molecular weight is 511 g/mol. The minimum absolute atomic E-state index is 0.147. The number of rotatable bonds is 9. The van der Waals surface area contributed by atoms with Crippen molar-refractivity contribution in [2.75, 3.05) is 13.7 Å². The summed E-state index contributed by atoms with van der Waals surface area (Å²) in [5, 5.41) is 7.28. The number of hydrogen-bond donors (Lipinski definition) is 2. The summed E-state index contributed by atoms with van der Waals surface area (Å²) in [5.74, 6) is 0.196. The molecule has 2 rings (SSSR count). The average Bonchev–Trinajstić information content (AvgIpc) is 2.73. The van der Waals surface area contributed by atoms with Gasteiger partial charge in [0.1, 0.15) is 6.04 Å². The Hall–Kier alpha value is -2.58. The van der Waals surface area contributed by atoms with Crippen LogP contribution in [0.15, 0.2) is 46.0 Å². The van der Waals surface area contributed by atoms with Gasteiger partial charge in [-0.15, -0.1) is 0 Å². The lowest BCUT2D eigenvalue weighted by Crippen LogP contribution is -2.48. The Kier molecular flexibility index (Phi) is 9.33. The topological polar surface area (TPSA) is 89.0 Å². The second-order valence-corrected chi connectivity index (χ2v) is 8.19. The van der Waals surface area contributed by atoms with Crippen LogP contribution in [0.25, 0.3) is 0 Å². The number of halogens is 2. The van der Waals surface area contributed by atoms with Crippen LogP contribution >= 0.6 is 27.5 Å². The fourth-order valence-electron chi connectivity index (χ4n) is 2.70. The number of amides is 2. The van der Waals surface area contributed by atoms with Crippen molar-refractivity contribution in [3.63, 3.8) is 0 Å². The molecule has 0 radical (unpaired) electrons. The number of hydrogen-bond acceptors (Lipinski definition) is 5. The number of methoxy groups -OCH3 is 1. The molecule has 1 unspecified atom stereocenters. The van der Waals surface area contributed by atoms with Crippen molar-refractivity contribution in [1.82, 2.24) is 10.7 Å². The maximum absolute atomic E-state index is 12.6. The Labute approximate surface area is 195 Å². The van der Waals surface area contributed by atoms with Crippen molar-refractivity contribution in [3.05, 3.63) is 57.0 Å². The molecular formula is C22H25BrClN3O4. The lowest BCUT2D eigenvalue weighted by molar-refractivity contribution is -0.123. The maximum Gasteiger partial charge on any atom is 0.262 e. The van der Waals surface area contributed by atoms with Crippen LogP contribution in [0, 0.1) is 5.92 Å². The zero-order chi connectivity index (χ0) is 23.0. The van der Waals surface area contributed by atoms with E-state index in [1.165, 1.54) is 6.21 Å². The summed E-state index contributed by atoms with van der Waals surface area (Å²) in [6.45, 7) is 6.06. The molecule has 7 nitrogen and oxygen atoms in total. The number of carbonyl (C=O) groups excluding carboxylic acids is 2. The van der Waals surface area contributed by atoms with Crippen LogP contribution in [0.2, 0.25) is 5.02 Å². The summed E-state index contributed by atoms with van der Waals surface area (Å²) in [6.07, 6.45) is 1.49. The lowest BCUT2D eigenvalue weighted by Gasteiger charge is -2.20. The molecule has 166 valence electrons. The molecule has 1 atom stereocenters. The van der Waals surface area contributed by atoms with Gasteiger partial charge in [-0.3, -0.25) is 9.59 Å². The van der Waals surface area contributed by atoms with Crippen LogP contribution in [0.1, 0.15) is 36.7 Å². The van der Waals surface area contributed by atoms with Gasteiger partial charge in [0.15, 0.2) is 11.5 Å². The van der Waals surface area contributed by atoms with Gasteiger partial charge in [-0.05, 0) is 70.7 Å². The monoisotopic (exact) mass is 509 g/mol. The third-order valence-corrected chi connectivity index (χ3v) is 5.11. The van der Waals surface area contributed by atoms with Crippen LogP contribution in [0.3, 0.4) is 0 Å². The Morgan fingerprint density at radius 3 is 2.48 bits per heavy atom. The second kappa shape index (κ2) is 11.7. The molecule has 0 bridgehead atoms. The molecule has 0 aromatic heterocycles. The van der Waals surface area contributed by atoms with E-state index in [-0.39, 0.29) is 11.8 Å². The third kappa shape index (κ3) is 6.97. The highest BCUT2D eigenvalue weighted by Gasteiger charge is 2.24. The van der Waals surface area contributed by atoms with Crippen molar-refractivity contribution in [3.8, 4) is 11.5 Å². The number of nitrogens with zero attached hydrogens (tertiary/aromatic N) is 1. The quantitative estimate of drug-likeness (QED) is 0.386. The molecule has 0 spiro atoms. The van der Waals surface area contributed by atoms with E-state index in [4.69, 9.17) is 21.1 Å². The van der Waals surface area contributed by atoms with Gasteiger partial charge in [-0.1, -0.05) is 25.4 Å². The predicted molar refractivity (Wildman–Crippen MR) is 125 cm³/mol. The van der Waals surface area contributed by atoms with Gasteiger partial charge in [-0.2, -0.15) is 5.10 Å². The predicted octanol–water partition coefficient (Wildman–Crippen LogP) is 4.41. The summed E-state index contributed by atoms with van der Waals surface area (Å²) < 4.78 is 11.6. The summed E-state index contributed by atoms with van der Waals surface area (Å²) in [4.78, 5) is 25.1. The van der Waals surface area contributed by atoms with Crippen molar-refractivity contribution >= 4 is 45.6 Å². The van der Waals surface area contributed by atoms with E-state index in [2.05, 4.69) is 31.8 Å². The van der Waals surface area contributed by atoms with E-state index >= 15 is 0 Å². The highest BCUT2D eigenvalue weighted by atomic mass is 79.9. The number of benzene rings is 2. The van der Waals surface area contributed by atoms with Crippen LogP contribution in [-0.4, -0.2) is 37.8 Å². The first-order chi connectivity index (χ1) is 14.8.